The Hall–Kier alpha value is -0.650. The molecule has 1 amide bonds. The van der Waals surface area contributed by atoms with Gasteiger partial charge in [-0.3, -0.25) is 9.69 Å². The van der Waals surface area contributed by atoms with Gasteiger partial charge in [0.15, 0.2) is 0 Å². The summed E-state index contributed by atoms with van der Waals surface area (Å²) in [4.78, 5) is 14.0. The van der Waals surface area contributed by atoms with Gasteiger partial charge in [-0.15, -0.1) is 0 Å². The van der Waals surface area contributed by atoms with E-state index in [4.69, 9.17) is 4.74 Å². The van der Waals surface area contributed by atoms with Gasteiger partial charge in [0, 0.05) is 32.1 Å². The highest BCUT2D eigenvalue weighted by molar-refractivity contribution is 5.78. The van der Waals surface area contributed by atoms with Crippen LogP contribution in [-0.4, -0.2) is 63.8 Å². The van der Waals surface area contributed by atoms with Crippen LogP contribution in [0.3, 0.4) is 0 Å². The average molecular weight is 243 g/mol. The van der Waals surface area contributed by atoms with Gasteiger partial charge in [0.1, 0.15) is 0 Å². The first-order valence-electron chi connectivity index (χ1n) is 6.46. The summed E-state index contributed by atoms with van der Waals surface area (Å²) in [6.45, 7) is 8.20. The summed E-state index contributed by atoms with van der Waals surface area (Å²) < 4.78 is 5.28. The number of nitrogens with one attached hydrogen (secondary N) is 2. The summed E-state index contributed by atoms with van der Waals surface area (Å²) in [5, 5.41) is 5.98. The zero-order chi connectivity index (χ0) is 12.5. The Morgan fingerprint density at radius 3 is 2.76 bits per heavy atom. The summed E-state index contributed by atoms with van der Waals surface area (Å²) in [5.41, 5.74) is 0. The number of hydrogen-bond acceptors (Lipinski definition) is 4. The highest BCUT2D eigenvalue weighted by Crippen LogP contribution is 1.98. The van der Waals surface area contributed by atoms with E-state index in [0.29, 0.717) is 0 Å². The molecule has 2 N–H and O–H groups in total. The second-order valence-electron chi connectivity index (χ2n) is 4.56. The van der Waals surface area contributed by atoms with Crippen LogP contribution in [0.1, 0.15) is 13.3 Å². The molecular weight excluding hydrogens is 218 g/mol. The molecule has 1 rings (SSSR count). The first-order chi connectivity index (χ1) is 8.24. The number of ether oxygens (including phenoxy) is 1. The minimum Gasteiger partial charge on any atom is -0.379 e. The van der Waals surface area contributed by atoms with Crippen LogP contribution in [0.15, 0.2) is 0 Å². The fourth-order valence-electron chi connectivity index (χ4n) is 1.91. The van der Waals surface area contributed by atoms with Crippen molar-refractivity contribution in [3.05, 3.63) is 0 Å². The molecule has 0 aromatic heterocycles. The number of morpholine rings is 1. The molecule has 1 unspecified atom stereocenters. The van der Waals surface area contributed by atoms with Crippen molar-refractivity contribution in [2.45, 2.75) is 13.3 Å². The largest absolute Gasteiger partial charge is 0.379 e. The summed E-state index contributed by atoms with van der Waals surface area (Å²) in [6.07, 6.45) is 1.01. The van der Waals surface area contributed by atoms with Crippen molar-refractivity contribution in [1.29, 1.82) is 0 Å². The molecule has 1 saturated heterocycles. The van der Waals surface area contributed by atoms with Crippen LogP contribution in [0.2, 0.25) is 0 Å². The van der Waals surface area contributed by atoms with Crippen molar-refractivity contribution in [2.75, 3.05) is 53.0 Å². The SMILES string of the molecule is CNCC(C)C(=O)NCCCN1CCOCC1. The molecule has 0 saturated carbocycles. The second-order valence-corrected chi connectivity index (χ2v) is 4.56. The normalized spacial score (nSPS) is 18.9. The number of amides is 1. The molecule has 0 spiro atoms. The molecule has 0 bridgehead atoms. The molecule has 0 aromatic carbocycles. The predicted octanol–water partition coefficient (Wildman–Crippen LogP) is -0.320. The summed E-state index contributed by atoms with van der Waals surface area (Å²) in [6, 6.07) is 0. The van der Waals surface area contributed by atoms with E-state index in [2.05, 4.69) is 15.5 Å². The third-order valence-electron chi connectivity index (χ3n) is 3.01. The number of rotatable bonds is 7. The van der Waals surface area contributed by atoms with Crippen LogP contribution >= 0.6 is 0 Å². The van der Waals surface area contributed by atoms with E-state index < -0.39 is 0 Å². The van der Waals surface area contributed by atoms with Gasteiger partial charge < -0.3 is 15.4 Å². The van der Waals surface area contributed by atoms with Gasteiger partial charge in [0.05, 0.1) is 13.2 Å². The molecule has 0 aliphatic carbocycles. The van der Waals surface area contributed by atoms with Gasteiger partial charge in [0.25, 0.3) is 0 Å². The first kappa shape index (κ1) is 14.4. The van der Waals surface area contributed by atoms with E-state index in [1.165, 1.54) is 0 Å². The number of carbonyl (C=O) groups is 1. The molecule has 0 radical (unpaired) electrons. The smallest absolute Gasteiger partial charge is 0.224 e. The van der Waals surface area contributed by atoms with E-state index >= 15 is 0 Å². The van der Waals surface area contributed by atoms with E-state index in [1.54, 1.807) is 0 Å². The maximum absolute atomic E-state index is 11.6. The summed E-state index contributed by atoms with van der Waals surface area (Å²) in [5.74, 6) is 0.185. The van der Waals surface area contributed by atoms with Gasteiger partial charge in [-0.1, -0.05) is 6.92 Å². The van der Waals surface area contributed by atoms with Gasteiger partial charge in [-0.25, -0.2) is 0 Å². The lowest BCUT2D eigenvalue weighted by Gasteiger charge is -2.26. The minimum atomic E-state index is 0.0448. The third kappa shape index (κ3) is 6.00. The summed E-state index contributed by atoms with van der Waals surface area (Å²) in [7, 11) is 1.86. The van der Waals surface area contributed by atoms with Crippen LogP contribution in [0.4, 0.5) is 0 Å². The van der Waals surface area contributed by atoms with Crippen LogP contribution in [-0.2, 0) is 9.53 Å². The Morgan fingerprint density at radius 1 is 1.41 bits per heavy atom. The van der Waals surface area contributed by atoms with E-state index in [1.807, 2.05) is 14.0 Å². The van der Waals surface area contributed by atoms with Crippen LogP contribution < -0.4 is 10.6 Å². The monoisotopic (exact) mass is 243 g/mol. The van der Waals surface area contributed by atoms with Crippen LogP contribution in [0.5, 0.6) is 0 Å². The molecule has 17 heavy (non-hydrogen) atoms. The summed E-state index contributed by atoms with van der Waals surface area (Å²) >= 11 is 0. The Balaban J connectivity index is 2.01. The van der Waals surface area contributed by atoms with E-state index in [0.717, 1.165) is 52.4 Å². The Kier molecular flexibility index (Phi) is 7.16. The number of nitrogens with zero attached hydrogens (tertiary/aromatic N) is 1. The number of carbonyl (C=O) groups excluding carboxylic acids is 1. The van der Waals surface area contributed by atoms with Gasteiger partial charge in [-0.05, 0) is 20.0 Å². The molecule has 1 aliphatic rings. The lowest BCUT2D eigenvalue weighted by atomic mass is 10.1. The van der Waals surface area contributed by atoms with E-state index in [-0.39, 0.29) is 11.8 Å². The Labute approximate surface area is 104 Å². The molecule has 0 aromatic rings. The van der Waals surface area contributed by atoms with Crippen molar-refractivity contribution in [2.24, 2.45) is 5.92 Å². The molecule has 5 nitrogen and oxygen atoms in total. The van der Waals surface area contributed by atoms with Gasteiger partial charge in [-0.2, -0.15) is 0 Å². The maximum Gasteiger partial charge on any atom is 0.224 e. The van der Waals surface area contributed by atoms with E-state index in [9.17, 15) is 4.79 Å². The Bertz CT molecular complexity index is 218. The average Bonchev–Trinajstić information content (AvgIpc) is 2.36. The lowest BCUT2D eigenvalue weighted by Crippen LogP contribution is -2.39. The molecular formula is C12H25N3O2. The third-order valence-corrected chi connectivity index (χ3v) is 3.01. The zero-order valence-corrected chi connectivity index (χ0v) is 11.0. The van der Waals surface area contributed by atoms with Crippen molar-refractivity contribution >= 4 is 5.91 Å². The first-order valence-corrected chi connectivity index (χ1v) is 6.46. The van der Waals surface area contributed by atoms with Crippen molar-refractivity contribution in [3.63, 3.8) is 0 Å². The quantitative estimate of drug-likeness (QED) is 0.602. The minimum absolute atomic E-state index is 0.0448. The highest BCUT2D eigenvalue weighted by atomic mass is 16.5. The standard InChI is InChI=1S/C12H25N3O2/c1-11(10-13-2)12(16)14-4-3-5-15-6-8-17-9-7-15/h11,13H,3-10H2,1-2H3,(H,14,16). The topological polar surface area (TPSA) is 53.6 Å². The highest BCUT2D eigenvalue weighted by Gasteiger charge is 2.12. The van der Waals surface area contributed by atoms with Crippen molar-refractivity contribution in [3.8, 4) is 0 Å². The van der Waals surface area contributed by atoms with Gasteiger partial charge in [0.2, 0.25) is 5.91 Å². The maximum atomic E-state index is 11.6. The molecule has 5 heteroatoms. The lowest BCUT2D eigenvalue weighted by molar-refractivity contribution is -0.124. The molecule has 1 atom stereocenters. The van der Waals surface area contributed by atoms with Crippen LogP contribution in [0.25, 0.3) is 0 Å². The molecule has 1 aliphatic heterocycles. The number of hydrogen-bond donors (Lipinski definition) is 2. The molecule has 100 valence electrons. The van der Waals surface area contributed by atoms with Gasteiger partial charge >= 0.3 is 0 Å². The zero-order valence-electron chi connectivity index (χ0n) is 11.0. The molecule has 1 fully saturated rings. The fourth-order valence-corrected chi connectivity index (χ4v) is 1.91. The van der Waals surface area contributed by atoms with Crippen molar-refractivity contribution in [1.82, 2.24) is 15.5 Å². The van der Waals surface area contributed by atoms with Crippen LogP contribution in [0, 0.1) is 5.92 Å². The molecule has 1 heterocycles. The second kappa shape index (κ2) is 8.44. The fraction of sp³-hybridized carbons (Fsp3) is 0.917. The Morgan fingerprint density at radius 2 is 2.12 bits per heavy atom. The predicted molar refractivity (Wildman–Crippen MR) is 68.0 cm³/mol. The van der Waals surface area contributed by atoms with Crippen molar-refractivity contribution < 1.29 is 9.53 Å².